The number of fused-ring (bicyclic) bond motifs is 1. The topological polar surface area (TPSA) is 93.9 Å². The highest BCUT2D eigenvalue weighted by Crippen LogP contribution is 2.70. The van der Waals surface area contributed by atoms with Gasteiger partial charge in [0.05, 0.1) is 17.0 Å². The second-order valence-corrected chi connectivity index (χ2v) is 11.8. The number of rotatable bonds is 8. The number of carbonyl (C=O) groups is 1. The number of hydrogen-bond acceptors (Lipinski definition) is 6. The fourth-order valence-electron chi connectivity index (χ4n) is 6.12. The molecule has 5 atom stereocenters. The number of likely N-dealkylation sites (tertiary alicyclic amines) is 1. The molecule has 1 aromatic carbocycles. The minimum absolute atomic E-state index is 0.0309. The second kappa shape index (κ2) is 10.3. The molecule has 3 fully saturated rings. The Bertz CT molecular complexity index is 1060. The summed E-state index contributed by atoms with van der Waals surface area (Å²) in [5.74, 6) is -0.916. The molecule has 204 valence electrons. The summed E-state index contributed by atoms with van der Waals surface area (Å²) in [5, 5.41) is 15.8. The van der Waals surface area contributed by atoms with Gasteiger partial charge >= 0.3 is 12.2 Å². The number of nitrogens with one attached hydrogen (secondary N) is 2. The number of benzene rings is 1. The third kappa shape index (κ3) is 5.57. The highest BCUT2D eigenvalue weighted by molar-refractivity contribution is 8.03. The van der Waals surface area contributed by atoms with Crippen LogP contribution in [0.4, 0.5) is 28.0 Å². The lowest BCUT2D eigenvalue weighted by Gasteiger charge is -2.32. The molecule has 2 aliphatic heterocycles. The zero-order valence-electron chi connectivity index (χ0n) is 20.4. The molecule has 4 aliphatic rings. The molecular formula is C25H33F4N5O2S. The number of halogens is 4. The van der Waals surface area contributed by atoms with E-state index in [1.165, 1.54) is 4.91 Å². The standard InChI is InChI=1S/C25H33F4N5O2S/c26-20-3-2-16(9-19(20)25(27,28)29)32-23(36)34(6-1-5-33-7-4-18(35)14-33)17-8-15-10-24(15,11-17)21-13-31-22(12-30)37-21/h2-3,9,13,15,17-18,22,31,35H,1,4-8,10-12,14,30H2,(H,32,36)/t15-,17-,18+,22?,24+/m1/s1. The lowest BCUT2D eigenvalue weighted by atomic mass is 10.0. The molecule has 1 saturated heterocycles. The Labute approximate surface area is 217 Å². The molecule has 5 rings (SSSR count). The van der Waals surface area contributed by atoms with Crippen LogP contribution in [0.15, 0.2) is 29.3 Å². The molecule has 2 saturated carbocycles. The monoisotopic (exact) mass is 543 g/mol. The number of β-amino-alcohol motifs (C(OH)–C–C–N with tert-alkyl or cyclic N) is 1. The Morgan fingerprint density at radius 3 is 2.84 bits per heavy atom. The van der Waals surface area contributed by atoms with Crippen LogP contribution in [0.3, 0.4) is 0 Å². The van der Waals surface area contributed by atoms with E-state index < -0.39 is 23.6 Å². The molecule has 5 N–H and O–H groups in total. The van der Waals surface area contributed by atoms with Crippen molar-refractivity contribution in [3.8, 4) is 0 Å². The van der Waals surface area contributed by atoms with Crippen molar-refractivity contribution in [2.45, 2.75) is 55.8 Å². The summed E-state index contributed by atoms with van der Waals surface area (Å²) in [6.45, 7) is 3.09. The number of alkyl halides is 3. The van der Waals surface area contributed by atoms with E-state index in [0.29, 0.717) is 38.0 Å². The molecule has 0 aromatic heterocycles. The van der Waals surface area contributed by atoms with Crippen molar-refractivity contribution in [2.24, 2.45) is 17.1 Å². The summed E-state index contributed by atoms with van der Waals surface area (Å²) in [7, 11) is 0. The van der Waals surface area contributed by atoms with E-state index in [9.17, 15) is 27.5 Å². The van der Waals surface area contributed by atoms with Gasteiger partial charge in [0, 0.05) is 54.4 Å². The molecule has 2 heterocycles. The van der Waals surface area contributed by atoms with Crippen molar-refractivity contribution in [2.75, 3.05) is 38.0 Å². The number of hydrogen-bond donors (Lipinski definition) is 4. The van der Waals surface area contributed by atoms with E-state index in [1.807, 2.05) is 6.20 Å². The molecule has 7 nitrogen and oxygen atoms in total. The molecule has 2 amide bonds. The molecule has 2 aliphatic carbocycles. The van der Waals surface area contributed by atoms with Crippen molar-refractivity contribution >= 4 is 23.5 Å². The van der Waals surface area contributed by atoms with Gasteiger partial charge < -0.3 is 31.3 Å². The third-order valence-corrected chi connectivity index (χ3v) is 9.50. The number of allylic oxidation sites excluding steroid dienone is 1. The fraction of sp³-hybridized carbons (Fsp3) is 0.640. The summed E-state index contributed by atoms with van der Waals surface area (Å²) < 4.78 is 53.3. The van der Waals surface area contributed by atoms with E-state index in [-0.39, 0.29) is 28.6 Å². The van der Waals surface area contributed by atoms with Crippen molar-refractivity contribution in [3.05, 3.63) is 40.7 Å². The zero-order chi connectivity index (χ0) is 26.4. The van der Waals surface area contributed by atoms with Crippen LogP contribution in [0, 0.1) is 17.2 Å². The van der Waals surface area contributed by atoms with Gasteiger partial charge in [0.2, 0.25) is 0 Å². The van der Waals surface area contributed by atoms with Gasteiger partial charge in [0.1, 0.15) is 5.82 Å². The maximum Gasteiger partial charge on any atom is 0.419 e. The largest absolute Gasteiger partial charge is 0.419 e. The first-order valence-corrected chi connectivity index (χ1v) is 13.7. The molecule has 1 aromatic rings. The van der Waals surface area contributed by atoms with Gasteiger partial charge in [-0.15, -0.1) is 11.8 Å². The summed E-state index contributed by atoms with van der Waals surface area (Å²) in [5.41, 5.74) is 4.35. The SMILES string of the molecule is NCC1NC=C([C@@]23C[C@H](N(CCCN4CC[C@H](O)C4)C(=O)Nc4ccc(F)c(C(F)(F)F)c4)C[C@@H]2C3)S1. The molecular weight excluding hydrogens is 510 g/mol. The van der Waals surface area contributed by atoms with Crippen LogP contribution in [0.2, 0.25) is 0 Å². The summed E-state index contributed by atoms with van der Waals surface area (Å²) in [6, 6.07) is 1.99. The molecule has 0 radical (unpaired) electrons. The third-order valence-electron chi connectivity index (χ3n) is 8.11. The van der Waals surface area contributed by atoms with Crippen molar-refractivity contribution in [1.29, 1.82) is 0 Å². The van der Waals surface area contributed by atoms with Crippen molar-refractivity contribution in [1.82, 2.24) is 15.1 Å². The molecule has 1 unspecified atom stereocenters. The number of anilines is 1. The number of urea groups is 1. The minimum Gasteiger partial charge on any atom is -0.392 e. The van der Waals surface area contributed by atoms with E-state index in [4.69, 9.17) is 5.73 Å². The average Bonchev–Trinajstić information content (AvgIpc) is 3.25. The maximum absolute atomic E-state index is 13.8. The predicted molar refractivity (Wildman–Crippen MR) is 134 cm³/mol. The van der Waals surface area contributed by atoms with Gasteiger partial charge in [-0.3, -0.25) is 0 Å². The zero-order valence-corrected chi connectivity index (χ0v) is 21.3. The Balaban J connectivity index is 1.29. The first kappa shape index (κ1) is 26.6. The van der Waals surface area contributed by atoms with Crippen LogP contribution in [0.1, 0.15) is 37.7 Å². The number of nitrogens with two attached hydrogens (primary N) is 1. The lowest BCUT2D eigenvalue weighted by molar-refractivity contribution is -0.139. The maximum atomic E-state index is 13.8. The van der Waals surface area contributed by atoms with Crippen LogP contribution >= 0.6 is 11.8 Å². The number of carbonyl (C=O) groups excluding carboxylic acids is 1. The van der Waals surface area contributed by atoms with Crippen LogP contribution in [-0.4, -0.2) is 71.2 Å². The normalized spacial score (nSPS) is 31.1. The predicted octanol–water partition coefficient (Wildman–Crippen LogP) is 3.77. The van der Waals surface area contributed by atoms with Gasteiger partial charge in [0.25, 0.3) is 0 Å². The van der Waals surface area contributed by atoms with Crippen LogP contribution in [0.25, 0.3) is 0 Å². The lowest BCUT2D eigenvalue weighted by Crippen LogP contribution is -2.44. The van der Waals surface area contributed by atoms with Crippen LogP contribution in [-0.2, 0) is 6.18 Å². The summed E-state index contributed by atoms with van der Waals surface area (Å²) >= 11 is 1.75. The number of aliphatic hydroxyl groups excluding tert-OH is 1. The smallest absolute Gasteiger partial charge is 0.392 e. The van der Waals surface area contributed by atoms with E-state index in [2.05, 4.69) is 15.5 Å². The van der Waals surface area contributed by atoms with E-state index in [1.54, 1.807) is 16.7 Å². The van der Waals surface area contributed by atoms with Crippen LogP contribution < -0.4 is 16.4 Å². The number of nitrogens with zero attached hydrogens (tertiary/aromatic N) is 2. The second-order valence-electron chi connectivity index (χ2n) is 10.6. The first-order valence-electron chi connectivity index (χ1n) is 12.8. The Hall–Kier alpha value is -2.02. The Kier molecular flexibility index (Phi) is 7.38. The summed E-state index contributed by atoms with van der Waals surface area (Å²) in [4.78, 5) is 18.6. The fourth-order valence-corrected chi connectivity index (χ4v) is 7.37. The van der Waals surface area contributed by atoms with Gasteiger partial charge in [-0.2, -0.15) is 13.2 Å². The van der Waals surface area contributed by atoms with E-state index in [0.717, 1.165) is 50.9 Å². The van der Waals surface area contributed by atoms with Gasteiger partial charge in [-0.1, -0.05) is 0 Å². The Morgan fingerprint density at radius 2 is 2.16 bits per heavy atom. The molecule has 12 heteroatoms. The van der Waals surface area contributed by atoms with Gasteiger partial charge in [-0.05, 0) is 62.8 Å². The number of aliphatic hydroxyl groups is 1. The summed E-state index contributed by atoms with van der Waals surface area (Å²) in [6.07, 6.45) is 0.964. The quantitative estimate of drug-likeness (QED) is 0.373. The van der Waals surface area contributed by atoms with Crippen molar-refractivity contribution < 1.29 is 27.5 Å². The first-order chi connectivity index (χ1) is 17.6. The number of thioether (sulfide) groups is 1. The molecule has 0 bridgehead atoms. The highest BCUT2D eigenvalue weighted by atomic mass is 32.2. The van der Waals surface area contributed by atoms with Crippen LogP contribution in [0.5, 0.6) is 0 Å². The molecule has 37 heavy (non-hydrogen) atoms. The highest BCUT2D eigenvalue weighted by Gasteiger charge is 2.64. The number of amides is 2. The Morgan fingerprint density at radius 1 is 1.35 bits per heavy atom. The average molecular weight is 544 g/mol. The van der Waals surface area contributed by atoms with Gasteiger partial charge in [0.15, 0.2) is 0 Å². The van der Waals surface area contributed by atoms with Gasteiger partial charge in [-0.25, -0.2) is 9.18 Å². The van der Waals surface area contributed by atoms with E-state index >= 15 is 0 Å². The minimum atomic E-state index is -4.86. The van der Waals surface area contributed by atoms with Crippen molar-refractivity contribution in [3.63, 3.8) is 0 Å². The molecule has 0 spiro atoms.